The number of amides is 1. The maximum Gasteiger partial charge on any atom is 0.291 e. The minimum Gasteiger partial charge on any atom is -0.420 e. The van der Waals surface area contributed by atoms with E-state index in [1.165, 1.54) is 0 Å². The van der Waals surface area contributed by atoms with Gasteiger partial charge in [0, 0.05) is 19.2 Å². The van der Waals surface area contributed by atoms with Crippen molar-refractivity contribution >= 4 is 16.8 Å². The molecule has 7 nitrogen and oxygen atoms in total. The largest absolute Gasteiger partial charge is 0.420 e. The van der Waals surface area contributed by atoms with E-state index in [-0.39, 0.29) is 24.2 Å². The lowest BCUT2D eigenvalue weighted by atomic mass is 10.2. The van der Waals surface area contributed by atoms with Gasteiger partial charge in [-0.15, -0.1) is 5.10 Å². The maximum atomic E-state index is 12.2. The summed E-state index contributed by atoms with van der Waals surface area (Å²) in [6, 6.07) is 21.1. The zero-order valence-corrected chi connectivity index (χ0v) is 16.5. The molecule has 0 fully saturated rings. The fourth-order valence-electron chi connectivity index (χ4n) is 3.17. The van der Waals surface area contributed by atoms with Gasteiger partial charge in [0.05, 0.1) is 17.4 Å². The second kappa shape index (κ2) is 9.28. The van der Waals surface area contributed by atoms with E-state index in [9.17, 15) is 4.79 Å². The van der Waals surface area contributed by atoms with Crippen molar-refractivity contribution in [1.82, 2.24) is 15.1 Å². The number of nitrogens with one attached hydrogen (secondary N) is 1. The van der Waals surface area contributed by atoms with Crippen LogP contribution in [0.4, 0.5) is 0 Å². The molecule has 2 aromatic carbocycles. The fraction of sp³-hybridized carbons (Fsp3) is 0.217. The second-order valence-electron chi connectivity index (χ2n) is 6.87. The molecule has 0 radical (unpaired) electrons. The Morgan fingerprint density at radius 1 is 1.03 bits per heavy atom. The number of hydrogen-bond donors (Lipinski definition) is 2. The van der Waals surface area contributed by atoms with Crippen LogP contribution in [0.2, 0.25) is 0 Å². The number of aromatic nitrogens is 2. The van der Waals surface area contributed by atoms with Crippen molar-refractivity contribution in [1.29, 1.82) is 0 Å². The Bertz CT molecular complexity index is 1120. The minimum absolute atomic E-state index is 0.111. The van der Waals surface area contributed by atoms with Crippen molar-refractivity contribution in [3.63, 3.8) is 0 Å². The second-order valence-corrected chi connectivity index (χ2v) is 6.87. The summed E-state index contributed by atoms with van der Waals surface area (Å²) in [4.78, 5) is 12.2. The molecule has 0 aliphatic rings. The van der Waals surface area contributed by atoms with Gasteiger partial charge in [-0.2, -0.15) is 0 Å². The monoisotopic (exact) mass is 405 g/mol. The first-order chi connectivity index (χ1) is 14.7. The number of para-hydroxylation sites is 1. The van der Waals surface area contributed by atoms with E-state index < -0.39 is 0 Å². The number of carbonyl (C=O) groups excluding carboxylic acids is 1. The zero-order valence-electron chi connectivity index (χ0n) is 16.5. The summed E-state index contributed by atoms with van der Waals surface area (Å²) in [6.07, 6.45) is 1.35. The zero-order chi connectivity index (χ0) is 20.8. The third-order valence-electron chi connectivity index (χ3n) is 4.67. The molecule has 0 bridgehead atoms. The van der Waals surface area contributed by atoms with Crippen LogP contribution in [0.15, 0.2) is 71.1 Å². The molecule has 4 aromatic rings. The van der Waals surface area contributed by atoms with Crippen molar-refractivity contribution in [2.24, 2.45) is 0 Å². The standard InChI is InChI=1S/C23H23N3O4/c27-15-7-6-14-24-22(28)20-12-13-21(29-20)30-23-18-10-4-5-11-19(18)26(25-23)16-17-8-2-1-3-9-17/h1-5,8-13,27H,6-7,14-16H2,(H,24,28). The van der Waals surface area contributed by atoms with Crippen LogP contribution in [0, 0.1) is 0 Å². The van der Waals surface area contributed by atoms with Gasteiger partial charge in [0.15, 0.2) is 5.76 Å². The topological polar surface area (TPSA) is 89.5 Å². The normalized spacial score (nSPS) is 11.0. The van der Waals surface area contributed by atoms with Crippen molar-refractivity contribution in [2.45, 2.75) is 19.4 Å². The Balaban J connectivity index is 1.50. The lowest BCUT2D eigenvalue weighted by Gasteiger charge is -2.03. The first kappa shape index (κ1) is 19.7. The van der Waals surface area contributed by atoms with E-state index in [2.05, 4.69) is 22.5 Å². The SMILES string of the molecule is O=C(NCCCCO)c1ccc(Oc2nn(Cc3ccccc3)c3ccccc23)o1. The van der Waals surface area contributed by atoms with Crippen LogP contribution in [0.25, 0.3) is 10.9 Å². The summed E-state index contributed by atoms with van der Waals surface area (Å²) in [5.74, 6) is 0.473. The number of ether oxygens (including phenoxy) is 1. The summed E-state index contributed by atoms with van der Waals surface area (Å²) >= 11 is 0. The number of hydrogen-bond acceptors (Lipinski definition) is 5. The summed E-state index contributed by atoms with van der Waals surface area (Å²) in [7, 11) is 0. The lowest BCUT2D eigenvalue weighted by Crippen LogP contribution is -2.24. The van der Waals surface area contributed by atoms with Gasteiger partial charge in [0.25, 0.3) is 11.9 Å². The van der Waals surface area contributed by atoms with E-state index in [1.807, 2.05) is 47.1 Å². The predicted octanol–water partition coefficient (Wildman–Crippen LogP) is 3.97. The molecular formula is C23H23N3O4. The summed E-state index contributed by atoms with van der Waals surface area (Å²) in [5.41, 5.74) is 2.08. The Morgan fingerprint density at radius 2 is 1.83 bits per heavy atom. The molecule has 0 aliphatic carbocycles. The highest BCUT2D eigenvalue weighted by Crippen LogP contribution is 2.30. The number of benzene rings is 2. The third-order valence-corrected chi connectivity index (χ3v) is 4.67. The number of furan rings is 1. The van der Waals surface area contributed by atoms with E-state index >= 15 is 0 Å². The molecule has 7 heteroatoms. The molecule has 154 valence electrons. The van der Waals surface area contributed by atoms with Gasteiger partial charge in [0.2, 0.25) is 5.88 Å². The molecule has 0 spiro atoms. The Morgan fingerprint density at radius 3 is 2.67 bits per heavy atom. The van der Waals surface area contributed by atoms with Crippen LogP contribution in [0.5, 0.6) is 11.8 Å². The molecule has 0 saturated heterocycles. The first-order valence-corrected chi connectivity index (χ1v) is 9.91. The third kappa shape index (κ3) is 4.52. The summed E-state index contributed by atoms with van der Waals surface area (Å²) in [6.45, 7) is 1.20. The van der Waals surface area contributed by atoms with Crippen molar-refractivity contribution in [3.8, 4) is 11.8 Å². The van der Waals surface area contributed by atoms with Crippen LogP contribution >= 0.6 is 0 Å². The lowest BCUT2D eigenvalue weighted by molar-refractivity contribution is 0.0919. The molecule has 0 unspecified atom stereocenters. The Kier molecular flexibility index (Phi) is 6.10. The number of aliphatic hydroxyl groups is 1. The minimum atomic E-state index is -0.317. The van der Waals surface area contributed by atoms with E-state index in [4.69, 9.17) is 14.3 Å². The number of nitrogens with zero attached hydrogens (tertiary/aromatic N) is 2. The average Bonchev–Trinajstić information content (AvgIpc) is 3.38. The number of fused-ring (bicyclic) bond motifs is 1. The van der Waals surface area contributed by atoms with Gasteiger partial charge in [0.1, 0.15) is 0 Å². The molecule has 2 aromatic heterocycles. The molecule has 2 heterocycles. The van der Waals surface area contributed by atoms with Gasteiger partial charge < -0.3 is 19.6 Å². The molecule has 0 saturated carbocycles. The maximum absolute atomic E-state index is 12.2. The van der Waals surface area contributed by atoms with Crippen LogP contribution in [0.1, 0.15) is 29.0 Å². The molecule has 4 rings (SSSR count). The van der Waals surface area contributed by atoms with Crippen molar-refractivity contribution < 1.29 is 19.1 Å². The number of unbranched alkanes of at least 4 members (excludes halogenated alkanes) is 1. The highest BCUT2D eigenvalue weighted by molar-refractivity contribution is 5.91. The molecule has 0 aliphatic heterocycles. The molecule has 0 atom stereocenters. The summed E-state index contributed by atoms with van der Waals surface area (Å²) < 4.78 is 13.3. The van der Waals surface area contributed by atoms with Gasteiger partial charge in [-0.3, -0.25) is 9.48 Å². The van der Waals surface area contributed by atoms with Gasteiger partial charge in [-0.05, 0) is 36.6 Å². The smallest absolute Gasteiger partial charge is 0.291 e. The Hall–Kier alpha value is -3.58. The quantitative estimate of drug-likeness (QED) is 0.411. The number of rotatable bonds is 9. The van der Waals surface area contributed by atoms with Crippen LogP contribution in [-0.4, -0.2) is 33.9 Å². The van der Waals surface area contributed by atoms with Crippen LogP contribution < -0.4 is 10.1 Å². The van der Waals surface area contributed by atoms with Crippen LogP contribution in [0.3, 0.4) is 0 Å². The van der Waals surface area contributed by atoms with Gasteiger partial charge >= 0.3 is 0 Å². The fourth-order valence-corrected chi connectivity index (χ4v) is 3.17. The van der Waals surface area contributed by atoms with Crippen molar-refractivity contribution in [2.75, 3.05) is 13.2 Å². The highest BCUT2D eigenvalue weighted by Gasteiger charge is 2.16. The molecule has 30 heavy (non-hydrogen) atoms. The van der Waals surface area contributed by atoms with E-state index in [0.717, 1.165) is 16.5 Å². The molecule has 1 amide bonds. The van der Waals surface area contributed by atoms with Gasteiger partial charge in [-0.1, -0.05) is 42.5 Å². The first-order valence-electron chi connectivity index (χ1n) is 9.91. The van der Waals surface area contributed by atoms with E-state index in [1.54, 1.807) is 12.1 Å². The Labute approximate surface area is 173 Å². The highest BCUT2D eigenvalue weighted by atomic mass is 16.6. The van der Waals surface area contributed by atoms with E-state index in [0.29, 0.717) is 31.8 Å². The number of aliphatic hydroxyl groups excluding tert-OH is 1. The summed E-state index contributed by atoms with van der Waals surface area (Å²) in [5, 5.41) is 17.0. The molecule has 2 N–H and O–H groups in total. The average molecular weight is 405 g/mol. The molecular weight excluding hydrogens is 382 g/mol. The van der Waals surface area contributed by atoms with Gasteiger partial charge in [-0.25, -0.2) is 0 Å². The van der Waals surface area contributed by atoms with Crippen molar-refractivity contribution in [3.05, 3.63) is 78.1 Å². The van der Waals surface area contributed by atoms with Crippen LogP contribution in [-0.2, 0) is 6.54 Å². The number of carbonyl (C=O) groups is 1. The predicted molar refractivity (Wildman–Crippen MR) is 113 cm³/mol.